The van der Waals surface area contributed by atoms with E-state index in [1.807, 2.05) is 18.3 Å². The number of allylic oxidation sites excluding steroid dienone is 1. The van der Waals surface area contributed by atoms with Crippen LogP contribution >= 0.6 is 0 Å². The zero-order chi connectivity index (χ0) is 17.8. The van der Waals surface area contributed by atoms with Crippen LogP contribution < -0.4 is 5.32 Å². The molecule has 0 spiro atoms. The molecule has 0 aromatic carbocycles. The number of aromatic nitrogens is 3. The molecule has 2 heterocycles. The van der Waals surface area contributed by atoms with Gasteiger partial charge in [-0.2, -0.15) is 0 Å². The minimum atomic E-state index is -0.548. The van der Waals surface area contributed by atoms with E-state index < -0.39 is 5.60 Å². The Morgan fingerprint density at radius 3 is 2.73 bits per heavy atom. The SMILES string of the molecule is N=C/C(=C(/N[C@@]12C[C@@H]3C[C@@H](CC(O)(C3)C1)C2)c1ccc[nH]1)c1nnco1. The van der Waals surface area contributed by atoms with Crippen molar-refractivity contribution in [1.29, 1.82) is 5.41 Å². The molecule has 0 saturated heterocycles. The Hall–Kier alpha value is -2.41. The van der Waals surface area contributed by atoms with Gasteiger partial charge in [-0.05, 0) is 62.5 Å². The van der Waals surface area contributed by atoms with Crippen molar-refractivity contribution in [1.82, 2.24) is 20.5 Å². The van der Waals surface area contributed by atoms with Crippen molar-refractivity contribution in [3.05, 3.63) is 36.3 Å². The lowest BCUT2D eigenvalue weighted by molar-refractivity contribution is -0.138. The first kappa shape index (κ1) is 15.8. The lowest BCUT2D eigenvalue weighted by Crippen LogP contribution is -2.64. The maximum atomic E-state index is 11.0. The van der Waals surface area contributed by atoms with Crippen molar-refractivity contribution < 1.29 is 9.52 Å². The first-order valence-electron chi connectivity index (χ1n) is 9.24. The van der Waals surface area contributed by atoms with Crippen LogP contribution in [0.1, 0.15) is 50.1 Å². The first-order chi connectivity index (χ1) is 12.6. The molecule has 4 fully saturated rings. The third-order valence-electron chi connectivity index (χ3n) is 6.29. The smallest absolute Gasteiger partial charge is 0.251 e. The van der Waals surface area contributed by atoms with Crippen LogP contribution in [0.15, 0.2) is 29.1 Å². The molecule has 0 aliphatic heterocycles. The van der Waals surface area contributed by atoms with E-state index in [1.165, 1.54) is 19.0 Å². The van der Waals surface area contributed by atoms with Crippen LogP contribution in [0.25, 0.3) is 11.3 Å². The van der Waals surface area contributed by atoms with Gasteiger partial charge in [0.2, 0.25) is 6.39 Å². The fraction of sp³-hybridized carbons (Fsp3) is 0.526. The largest absolute Gasteiger partial charge is 0.423 e. The lowest BCUT2D eigenvalue weighted by Gasteiger charge is -2.60. The highest BCUT2D eigenvalue weighted by molar-refractivity contribution is 6.16. The summed E-state index contributed by atoms with van der Waals surface area (Å²) < 4.78 is 5.37. The lowest BCUT2D eigenvalue weighted by atomic mass is 9.51. The third-order valence-corrected chi connectivity index (χ3v) is 6.29. The maximum absolute atomic E-state index is 11.0. The van der Waals surface area contributed by atoms with Crippen LogP contribution in [0.5, 0.6) is 0 Å². The minimum Gasteiger partial charge on any atom is -0.423 e. The van der Waals surface area contributed by atoms with Gasteiger partial charge in [0, 0.05) is 18.0 Å². The summed E-state index contributed by atoms with van der Waals surface area (Å²) in [6.07, 6.45) is 10.4. The normalized spacial score (nSPS) is 36.0. The van der Waals surface area contributed by atoms with Gasteiger partial charge in [0.05, 0.1) is 22.6 Å². The molecule has 2 aromatic heterocycles. The zero-order valence-electron chi connectivity index (χ0n) is 14.5. The molecule has 2 aromatic rings. The maximum Gasteiger partial charge on any atom is 0.251 e. The van der Waals surface area contributed by atoms with Gasteiger partial charge in [-0.15, -0.1) is 10.2 Å². The molecule has 0 radical (unpaired) electrons. The molecule has 136 valence electrons. The standard InChI is InChI=1S/C19H23N5O2/c20-9-14(17-24-22-11-26-17)16(15-2-1-3-21-15)23-18-5-12-4-13(6-18)8-19(25,7-12)10-18/h1-3,9,11-13,20-21,23,25H,4-8,10H2/b16-14-,20-9?/t12-,13+,18+,19?. The molecule has 4 saturated carbocycles. The van der Waals surface area contributed by atoms with E-state index in [1.54, 1.807) is 0 Å². The van der Waals surface area contributed by atoms with Crippen molar-refractivity contribution in [3.63, 3.8) is 0 Å². The molecule has 4 aliphatic carbocycles. The number of hydrogen-bond donors (Lipinski definition) is 4. The number of H-pyrrole nitrogens is 1. The van der Waals surface area contributed by atoms with Gasteiger partial charge < -0.3 is 25.2 Å². The van der Waals surface area contributed by atoms with Crippen LogP contribution in [0.3, 0.4) is 0 Å². The summed E-state index contributed by atoms with van der Waals surface area (Å²) in [6, 6.07) is 3.90. The summed E-state index contributed by atoms with van der Waals surface area (Å²) in [5, 5.41) is 30.5. The Morgan fingerprint density at radius 2 is 2.15 bits per heavy atom. The molecule has 7 heteroatoms. The second-order valence-corrected chi connectivity index (χ2v) is 8.35. The molecular weight excluding hydrogens is 330 g/mol. The Bertz CT molecular complexity index is 825. The van der Waals surface area contributed by atoms with Gasteiger partial charge in [-0.1, -0.05) is 0 Å². The monoisotopic (exact) mass is 353 g/mol. The van der Waals surface area contributed by atoms with Crippen LogP contribution in [-0.4, -0.2) is 37.6 Å². The van der Waals surface area contributed by atoms with E-state index >= 15 is 0 Å². The second-order valence-electron chi connectivity index (χ2n) is 8.35. The fourth-order valence-electron chi connectivity index (χ4n) is 5.92. The van der Waals surface area contributed by atoms with Crippen LogP contribution in [0.4, 0.5) is 0 Å². The highest BCUT2D eigenvalue weighted by atomic mass is 16.4. The average Bonchev–Trinajstić information content (AvgIpc) is 3.26. The molecule has 4 aliphatic rings. The van der Waals surface area contributed by atoms with Gasteiger partial charge in [-0.25, -0.2) is 0 Å². The molecule has 4 atom stereocenters. The van der Waals surface area contributed by atoms with Crippen LogP contribution in [0, 0.1) is 17.2 Å². The molecule has 4 bridgehead atoms. The summed E-state index contributed by atoms with van der Waals surface area (Å²) in [5.41, 5.74) is 1.54. The third kappa shape index (κ3) is 2.49. The minimum absolute atomic E-state index is 0.145. The van der Waals surface area contributed by atoms with Crippen LogP contribution in [0.2, 0.25) is 0 Å². The van der Waals surface area contributed by atoms with Crippen molar-refractivity contribution >= 4 is 17.5 Å². The van der Waals surface area contributed by atoms with Crippen molar-refractivity contribution in [3.8, 4) is 0 Å². The van der Waals surface area contributed by atoms with E-state index in [0.717, 1.165) is 43.5 Å². The predicted molar refractivity (Wildman–Crippen MR) is 96.2 cm³/mol. The summed E-state index contributed by atoms with van der Waals surface area (Å²) in [7, 11) is 0. The number of aliphatic hydroxyl groups is 1. The Kier molecular flexibility index (Phi) is 3.37. The van der Waals surface area contributed by atoms with Gasteiger partial charge in [0.15, 0.2) is 0 Å². The summed E-state index contributed by atoms with van der Waals surface area (Å²) in [4.78, 5) is 3.23. The van der Waals surface area contributed by atoms with Crippen molar-refractivity contribution in [2.75, 3.05) is 0 Å². The highest BCUT2D eigenvalue weighted by Crippen LogP contribution is 2.58. The number of nitrogens with zero attached hydrogens (tertiary/aromatic N) is 2. The van der Waals surface area contributed by atoms with E-state index in [9.17, 15) is 5.11 Å². The van der Waals surface area contributed by atoms with E-state index in [-0.39, 0.29) is 5.54 Å². The first-order valence-corrected chi connectivity index (χ1v) is 9.24. The Morgan fingerprint density at radius 1 is 1.35 bits per heavy atom. The Balaban J connectivity index is 1.58. The summed E-state index contributed by atoms with van der Waals surface area (Å²) >= 11 is 0. The van der Waals surface area contributed by atoms with Gasteiger partial charge in [0.1, 0.15) is 0 Å². The molecule has 26 heavy (non-hydrogen) atoms. The molecule has 1 unspecified atom stereocenters. The molecule has 0 amide bonds. The van der Waals surface area contributed by atoms with Crippen molar-refractivity contribution in [2.45, 2.75) is 49.7 Å². The van der Waals surface area contributed by atoms with E-state index in [4.69, 9.17) is 9.83 Å². The topological polar surface area (TPSA) is 111 Å². The quantitative estimate of drug-likeness (QED) is 0.618. The molecular formula is C19H23N5O2. The molecule has 7 nitrogen and oxygen atoms in total. The molecule has 4 N–H and O–H groups in total. The predicted octanol–water partition coefficient (Wildman–Crippen LogP) is 2.59. The fourth-order valence-corrected chi connectivity index (χ4v) is 5.92. The average molecular weight is 353 g/mol. The number of rotatable bonds is 5. The zero-order valence-corrected chi connectivity index (χ0v) is 14.5. The summed E-state index contributed by atoms with van der Waals surface area (Å²) in [5.74, 6) is 1.47. The highest BCUT2D eigenvalue weighted by Gasteiger charge is 2.57. The van der Waals surface area contributed by atoms with Gasteiger partial charge >= 0.3 is 0 Å². The van der Waals surface area contributed by atoms with Gasteiger partial charge in [0.25, 0.3) is 5.89 Å². The van der Waals surface area contributed by atoms with E-state index in [0.29, 0.717) is 23.3 Å². The number of nitrogens with one attached hydrogen (secondary N) is 3. The number of aromatic amines is 1. The van der Waals surface area contributed by atoms with E-state index in [2.05, 4.69) is 20.5 Å². The summed E-state index contributed by atoms with van der Waals surface area (Å²) in [6.45, 7) is 0. The van der Waals surface area contributed by atoms with Crippen LogP contribution in [-0.2, 0) is 0 Å². The Labute approximate surface area is 151 Å². The number of hydrogen-bond acceptors (Lipinski definition) is 6. The van der Waals surface area contributed by atoms with Gasteiger partial charge in [-0.3, -0.25) is 0 Å². The van der Waals surface area contributed by atoms with Crippen molar-refractivity contribution in [2.24, 2.45) is 11.8 Å². The molecule has 6 rings (SSSR count). The second kappa shape index (κ2) is 5.54.